The number of fused-ring (bicyclic) bond motifs is 3. The lowest BCUT2D eigenvalue weighted by molar-refractivity contribution is -0.136. The van der Waals surface area contributed by atoms with E-state index in [0.717, 1.165) is 30.9 Å². The molecule has 0 aromatic heterocycles. The molecular formula is C24H33N3O4. The molecule has 1 spiro atoms. The molecule has 1 aromatic rings. The third-order valence-corrected chi connectivity index (χ3v) is 7.94. The quantitative estimate of drug-likeness (QED) is 0.801. The second-order valence-corrected chi connectivity index (χ2v) is 9.71. The Hall–Kier alpha value is -2.28. The molecule has 0 radical (unpaired) electrons. The van der Waals surface area contributed by atoms with E-state index in [9.17, 15) is 9.59 Å². The fraction of sp³-hybridized carbons (Fsp3) is 0.667. The summed E-state index contributed by atoms with van der Waals surface area (Å²) in [5.74, 6) is 1.51. The Bertz CT molecular complexity index is 872. The molecule has 7 heteroatoms. The SMILES string of the molecule is CC1c2cc3c(cc2C2(CCCC2)CN1CC(=O)N1CCC(C(N)=O)CC1)OCCO3. The first-order valence-electron chi connectivity index (χ1n) is 11.7. The van der Waals surface area contributed by atoms with Crippen molar-refractivity contribution in [1.82, 2.24) is 9.80 Å². The van der Waals surface area contributed by atoms with Crippen LogP contribution in [-0.4, -0.2) is 61.0 Å². The van der Waals surface area contributed by atoms with Gasteiger partial charge in [-0.05, 0) is 55.9 Å². The Morgan fingerprint density at radius 1 is 1.10 bits per heavy atom. The maximum Gasteiger partial charge on any atom is 0.236 e. The van der Waals surface area contributed by atoms with E-state index in [-0.39, 0.29) is 29.2 Å². The number of benzene rings is 1. The van der Waals surface area contributed by atoms with E-state index < -0.39 is 0 Å². The van der Waals surface area contributed by atoms with Gasteiger partial charge in [-0.25, -0.2) is 0 Å². The third kappa shape index (κ3) is 3.67. The number of ether oxygens (including phenoxy) is 2. The molecule has 1 atom stereocenters. The first kappa shape index (κ1) is 20.6. The predicted octanol–water partition coefficient (Wildman–Crippen LogP) is 2.37. The molecule has 4 aliphatic rings. The van der Waals surface area contributed by atoms with Crippen molar-refractivity contribution >= 4 is 11.8 Å². The molecule has 5 rings (SSSR count). The highest BCUT2D eigenvalue weighted by Crippen LogP contribution is 2.51. The number of rotatable bonds is 3. The van der Waals surface area contributed by atoms with Crippen LogP contribution in [0.15, 0.2) is 12.1 Å². The number of carbonyl (C=O) groups excluding carboxylic acids is 2. The highest BCUT2D eigenvalue weighted by atomic mass is 16.6. The van der Waals surface area contributed by atoms with Crippen molar-refractivity contribution in [2.24, 2.45) is 11.7 Å². The Labute approximate surface area is 183 Å². The Kier molecular flexibility index (Phi) is 5.32. The van der Waals surface area contributed by atoms with Gasteiger partial charge in [0.25, 0.3) is 0 Å². The number of hydrogen-bond donors (Lipinski definition) is 1. The number of likely N-dealkylation sites (tertiary alicyclic amines) is 1. The number of primary amides is 1. The van der Waals surface area contributed by atoms with Gasteiger partial charge in [-0.2, -0.15) is 0 Å². The molecule has 1 saturated heterocycles. The summed E-state index contributed by atoms with van der Waals surface area (Å²) in [5.41, 5.74) is 8.21. The minimum absolute atomic E-state index is 0.0942. The summed E-state index contributed by atoms with van der Waals surface area (Å²) < 4.78 is 11.8. The minimum Gasteiger partial charge on any atom is -0.486 e. The number of piperidine rings is 1. The van der Waals surface area contributed by atoms with Crippen molar-refractivity contribution in [3.05, 3.63) is 23.3 Å². The van der Waals surface area contributed by atoms with E-state index in [0.29, 0.717) is 45.7 Å². The first-order valence-corrected chi connectivity index (χ1v) is 11.7. The number of amides is 2. The number of hydrogen-bond acceptors (Lipinski definition) is 5. The average Bonchev–Trinajstić information content (AvgIpc) is 3.25. The van der Waals surface area contributed by atoms with E-state index in [1.54, 1.807) is 0 Å². The van der Waals surface area contributed by atoms with Crippen LogP contribution in [0.25, 0.3) is 0 Å². The van der Waals surface area contributed by atoms with Gasteiger partial charge in [0.2, 0.25) is 11.8 Å². The molecule has 1 saturated carbocycles. The van der Waals surface area contributed by atoms with Gasteiger partial charge in [0.1, 0.15) is 13.2 Å². The number of nitrogens with zero attached hydrogens (tertiary/aromatic N) is 2. The maximum atomic E-state index is 13.2. The summed E-state index contributed by atoms with van der Waals surface area (Å²) in [6.07, 6.45) is 6.11. The summed E-state index contributed by atoms with van der Waals surface area (Å²) in [7, 11) is 0. The van der Waals surface area contributed by atoms with Gasteiger partial charge < -0.3 is 20.1 Å². The van der Waals surface area contributed by atoms with Crippen LogP contribution in [0, 0.1) is 5.92 Å². The van der Waals surface area contributed by atoms with Gasteiger partial charge in [0, 0.05) is 37.0 Å². The van der Waals surface area contributed by atoms with Crippen molar-refractivity contribution in [3.8, 4) is 11.5 Å². The topological polar surface area (TPSA) is 85.1 Å². The Morgan fingerprint density at radius 2 is 1.74 bits per heavy atom. The lowest BCUT2D eigenvalue weighted by Gasteiger charge is -2.46. The van der Waals surface area contributed by atoms with Crippen LogP contribution in [0.4, 0.5) is 0 Å². The van der Waals surface area contributed by atoms with E-state index in [1.165, 1.54) is 24.0 Å². The normalized spacial score (nSPS) is 25.5. The van der Waals surface area contributed by atoms with Gasteiger partial charge in [-0.3, -0.25) is 14.5 Å². The molecule has 2 N–H and O–H groups in total. The summed E-state index contributed by atoms with van der Waals surface area (Å²) >= 11 is 0. The molecule has 0 bridgehead atoms. The van der Waals surface area contributed by atoms with Crippen LogP contribution in [0.2, 0.25) is 0 Å². The zero-order chi connectivity index (χ0) is 21.6. The lowest BCUT2D eigenvalue weighted by atomic mass is 9.71. The van der Waals surface area contributed by atoms with Crippen LogP contribution in [0.5, 0.6) is 11.5 Å². The largest absolute Gasteiger partial charge is 0.486 e. The molecule has 3 aliphatic heterocycles. The van der Waals surface area contributed by atoms with E-state index in [2.05, 4.69) is 24.0 Å². The monoisotopic (exact) mass is 427 g/mol. The fourth-order valence-corrected chi connectivity index (χ4v) is 6.08. The smallest absolute Gasteiger partial charge is 0.236 e. The standard InChI is InChI=1S/C24H33N3O4/c1-16-18-12-20-21(31-11-10-30-20)13-19(18)24(6-2-3-7-24)15-27(16)14-22(28)26-8-4-17(5-9-26)23(25)29/h12-13,16-17H,2-11,14-15H2,1H3,(H2,25,29). The highest BCUT2D eigenvalue weighted by Gasteiger charge is 2.45. The van der Waals surface area contributed by atoms with Gasteiger partial charge in [0.15, 0.2) is 11.5 Å². The molecule has 3 heterocycles. The minimum atomic E-state index is -0.244. The molecule has 2 amide bonds. The molecule has 168 valence electrons. The molecule has 1 aliphatic carbocycles. The van der Waals surface area contributed by atoms with Crippen molar-refractivity contribution < 1.29 is 19.1 Å². The third-order valence-electron chi connectivity index (χ3n) is 7.94. The van der Waals surface area contributed by atoms with Crippen LogP contribution in [-0.2, 0) is 15.0 Å². The molecule has 2 fully saturated rings. The zero-order valence-electron chi connectivity index (χ0n) is 18.4. The summed E-state index contributed by atoms with van der Waals surface area (Å²) in [6, 6.07) is 4.52. The molecular weight excluding hydrogens is 394 g/mol. The number of nitrogens with two attached hydrogens (primary N) is 1. The van der Waals surface area contributed by atoms with E-state index in [4.69, 9.17) is 15.2 Å². The molecule has 1 aromatic carbocycles. The molecule has 7 nitrogen and oxygen atoms in total. The van der Waals surface area contributed by atoms with Crippen LogP contribution >= 0.6 is 0 Å². The van der Waals surface area contributed by atoms with Crippen molar-refractivity contribution in [2.45, 2.75) is 56.9 Å². The van der Waals surface area contributed by atoms with Crippen LogP contribution < -0.4 is 15.2 Å². The van der Waals surface area contributed by atoms with Gasteiger partial charge in [-0.15, -0.1) is 0 Å². The van der Waals surface area contributed by atoms with Crippen LogP contribution in [0.3, 0.4) is 0 Å². The van der Waals surface area contributed by atoms with Gasteiger partial charge >= 0.3 is 0 Å². The van der Waals surface area contributed by atoms with E-state index in [1.807, 2.05) is 4.90 Å². The maximum absolute atomic E-state index is 13.2. The van der Waals surface area contributed by atoms with Gasteiger partial charge in [0.05, 0.1) is 6.54 Å². The second-order valence-electron chi connectivity index (χ2n) is 9.71. The predicted molar refractivity (Wildman–Crippen MR) is 116 cm³/mol. The van der Waals surface area contributed by atoms with Crippen molar-refractivity contribution in [3.63, 3.8) is 0 Å². The fourth-order valence-electron chi connectivity index (χ4n) is 6.08. The highest BCUT2D eigenvalue weighted by molar-refractivity contribution is 5.80. The van der Waals surface area contributed by atoms with Crippen LogP contribution in [0.1, 0.15) is 62.6 Å². The van der Waals surface area contributed by atoms with Gasteiger partial charge in [-0.1, -0.05) is 12.8 Å². The Morgan fingerprint density at radius 3 is 2.39 bits per heavy atom. The summed E-state index contributed by atoms with van der Waals surface area (Å²) in [4.78, 5) is 28.9. The summed E-state index contributed by atoms with van der Waals surface area (Å²) in [6.45, 7) is 5.94. The molecule has 1 unspecified atom stereocenters. The average molecular weight is 428 g/mol. The number of carbonyl (C=O) groups is 2. The first-order chi connectivity index (χ1) is 15.0. The zero-order valence-corrected chi connectivity index (χ0v) is 18.4. The molecule has 31 heavy (non-hydrogen) atoms. The second kappa shape index (κ2) is 8.01. The van der Waals surface area contributed by atoms with E-state index >= 15 is 0 Å². The summed E-state index contributed by atoms with van der Waals surface area (Å²) in [5, 5.41) is 0. The van der Waals surface area contributed by atoms with Crippen molar-refractivity contribution in [1.29, 1.82) is 0 Å². The van der Waals surface area contributed by atoms with Crippen molar-refractivity contribution in [2.75, 3.05) is 39.4 Å². The Balaban J connectivity index is 1.37. The lowest BCUT2D eigenvalue weighted by Crippen LogP contribution is -2.51.